The summed E-state index contributed by atoms with van der Waals surface area (Å²) >= 11 is 0. The number of Topliss-reactive ketones (excluding diaryl/α,β-unsaturated/α-hetero) is 1. The maximum atomic E-state index is 12.1. The van der Waals surface area contributed by atoms with E-state index >= 15 is 0 Å². The molecule has 0 aliphatic carbocycles. The molecule has 0 radical (unpaired) electrons. The minimum absolute atomic E-state index is 0.107. The number of carbonyl (C=O) groups excluding carboxylic acids is 1. The number of imidazole rings is 1. The van der Waals surface area contributed by atoms with E-state index in [9.17, 15) is 4.79 Å². The third-order valence-corrected chi connectivity index (χ3v) is 4.45. The maximum absolute atomic E-state index is 12.1. The van der Waals surface area contributed by atoms with Crippen molar-refractivity contribution in [3.05, 3.63) is 60.3 Å². The van der Waals surface area contributed by atoms with Crippen molar-refractivity contribution >= 4 is 16.8 Å². The van der Waals surface area contributed by atoms with Crippen molar-refractivity contribution in [1.29, 1.82) is 0 Å². The van der Waals surface area contributed by atoms with Crippen LogP contribution >= 0.6 is 0 Å². The number of nitrogens with one attached hydrogen (secondary N) is 1. The SMILES string of the molecule is CCOc1ccc(-n2c(-c3ccn[nH]3)nc3cc(C(=O)CC)ccc32)cc1. The van der Waals surface area contributed by atoms with Gasteiger partial charge in [-0.25, -0.2) is 4.98 Å². The molecule has 0 fully saturated rings. The van der Waals surface area contributed by atoms with Gasteiger partial charge in [0, 0.05) is 23.9 Å². The highest BCUT2D eigenvalue weighted by molar-refractivity contribution is 5.99. The Balaban J connectivity index is 1.91. The van der Waals surface area contributed by atoms with E-state index in [1.807, 2.05) is 62.4 Å². The van der Waals surface area contributed by atoms with Gasteiger partial charge >= 0.3 is 0 Å². The number of rotatable bonds is 6. The van der Waals surface area contributed by atoms with Crippen molar-refractivity contribution in [3.8, 4) is 23.0 Å². The summed E-state index contributed by atoms with van der Waals surface area (Å²) in [5, 5.41) is 7.03. The molecule has 27 heavy (non-hydrogen) atoms. The van der Waals surface area contributed by atoms with Gasteiger partial charge in [0.15, 0.2) is 11.6 Å². The summed E-state index contributed by atoms with van der Waals surface area (Å²) in [6, 6.07) is 15.4. The summed E-state index contributed by atoms with van der Waals surface area (Å²) in [5.41, 5.74) is 4.14. The summed E-state index contributed by atoms with van der Waals surface area (Å²) in [7, 11) is 0. The topological polar surface area (TPSA) is 72.8 Å². The van der Waals surface area contributed by atoms with Crippen molar-refractivity contribution in [2.75, 3.05) is 6.61 Å². The summed E-state index contributed by atoms with van der Waals surface area (Å²) in [4.78, 5) is 16.9. The highest BCUT2D eigenvalue weighted by Crippen LogP contribution is 2.29. The summed E-state index contributed by atoms with van der Waals surface area (Å²) < 4.78 is 7.60. The second-order valence-electron chi connectivity index (χ2n) is 6.15. The summed E-state index contributed by atoms with van der Waals surface area (Å²) in [6.07, 6.45) is 2.17. The Labute approximate surface area is 156 Å². The van der Waals surface area contributed by atoms with Crippen molar-refractivity contribution in [2.45, 2.75) is 20.3 Å². The lowest BCUT2D eigenvalue weighted by atomic mass is 10.1. The van der Waals surface area contributed by atoms with Crippen LogP contribution in [0.4, 0.5) is 0 Å². The lowest BCUT2D eigenvalue weighted by Gasteiger charge is -2.10. The summed E-state index contributed by atoms with van der Waals surface area (Å²) in [5.74, 6) is 1.67. The molecule has 0 atom stereocenters. The molecule has 0 aliphatic rings. The number of ether oxygens (including phenoxy) is 1. The van der Waals surface area contributed by atoms with E-state index in [4.69, 9.17) is 9.72 Å². The van der Waals surface area contributed by atoms with Crippen LogP contribution in [0.5, 0.6) is 5.75 Å². The molecule has 4 rings (SSSR count). The zero-order valence-corrected chi connectivity index (χ0v) is 15.3. The van der Waals surface area contributed by atoms with Gasteiger partial charge in [0.1, 0.15) is 11.4 Å². The van der Waals surface area contributed by atoms with Gasteiger partial charge in [-0.1, -0.05) is 6.92 Å². The number of H-pyrrole nitrogens is 1. The van der Waals surface area contributed by atoms with E-state index < -0.39 is 0 Å². The molecule has 0 bridgehead atoms. The molecule has 2 aromatic heterocycles. The number of nitrogens with zero attached hydrogens (tertiary/aromatic N) is 3. The van der Waals surface area contributed by atoms with E-state index in [1.54, 1.807) is 6.20 Å². The molecule has 0 spiro atoms. The molecule has 4 aromatic rings. The van der Waals surface area contributed by atoms with Gasteiger partial charge in [-0.2, -0.15) is 5.10 Å². The second kappa shape index (κ2) is 7.07. The van der Waals surface area contributed by atoms with Crippen LogP contribution in [0.3, 0.4) is 0 Å². The van der Waals surface area contributed by atoms with Crippen LogP contribution in [0.2, 0.25) is 0 Å². The van der Waals surface area contributed by atoms with Gasteiger partial charge in [0.25, 0.3) is 0 Å². The van der Waals surface area contributed by atoms with E-state index in [-0.39, 0.29) is 5.78 Å². The van der Waals surface area contributed by atoms with Crippen LogP contribution in [0.1, 0.15) is 30.6 Å². The van der Waals surface area contributed by atoms with E-state index in [2.05, 4.69) is 14.8 Å². The molecule has 2 aromatic carbocycles. The molecule has 6 nitrogen and oxygen atoms in total. The fraction of sp³-hybridized carbons (Fsp3) is 0.190. The smallest absolute Gasteiger partial charge is 0.163 e. The first-order valence-corrected chi connectivity index (χ1v) is 9.00. The molecule has 0 saturated heterocycles. The van der Waals surface area contributed by atoms with Crippen molar-refractivity contribution in [3.63, 3.8) is 0 Å². The largest absolute Gasteiger partial charge is 0.494 e. The number of benzene rings is 2. The van der Waals surface area contributed by atoms with Crippen molar-refractivity contribution in [1.82, 2.24) is 19.7 Å². The van der Waals surface area contributed by atoms with Gasteiger partial charge < -0.3 is 4.74 Å². The lowest BCUT2D eigenvalue weighted by molar-refractivity contribution is 0.0988. The number of fused-ring (bicyclic) bond motifs is 1. The summed E-state index contributed by atoms with van der Waals surface area (Å²) in [6.45, 7) is 4.45. The average Bonchev–Trinajstić information content (AvgIpc) is 3.35. The van der Waals surface area contributed by atoms with Crippen molar-refractivity contribution < 1.29 is 9.53 Å². The first kappa shape index (κ1) is 17.0. The van der Waals surface area contributed by atoms with Gasteiger partial charge in [0.2, 0.25) is 0 Å². The zero-order valence-electron chi connectivity index (χ0n) is 15.3. The molecule has 2 heterocycles. The van der Waals surface area contributed by atoms with E-state index in [0.717, 1.165) is 34.0 Å². The predicted molar refractivity (Wildman–Crippen MR) is 104 cm³/mol. The fourth-order valence-corrected chi connectivity index (χ4v) is 3.14. The first-order valence-electron chi connectivity index (χ1n) is 9.00. The molecule has 0 unspecified atom stereocenters. The molecule has 0 saturated carbocycles. The Morgan fingerprint density at radius 2 is 1.93 bits per heavy atom. The molecule has 0 amide bonds. The molecule has 0 aliphatic heterocycles. The van der Waals surface area contributed by atoms with Crippen molar-refractivity contribution in [2.24, 2.45) is 0 Å². The molecular formula is C21H20N4O2. The van der Waals surface area contributed by atoms with Gasteiger partial charge in [-0.3, -0.25) is 14.5 Å². The van der Waals surface area contributed by atoms with Gasteiger partial charge in [0.05, 0.1) is 17.6 Å². The normalized spacial score (nSPS) is 11.0. The minimum Gasteiger partial charge on any atom is -0.494 e. The van der Waals surface area contributed by atoms with Crippen LogP contribution in [0.15, 0.2) is 54.7 Å². The number of carbonyl (C=O) groups is 1. The first-order chi connectivity index (χ1) is 13.2. The average molecular weight is 360 g/mol. The maximum Gasteiger partial charge on any atom is 0.163 e. The molecular weight excluding hydrogens is 340 g/mol. The predicted octanol–water partition coefficient (Wildman–Crippen LogP) is 4.41. The van der Waals surface area contributed by atoms with Gasteiger partial charge in [-0.05, 0) is 55.5 Å². The Morgan fingerprint density at radius 1 is 1.11 bits per heavy atom. The van der Waals surface area contributed by atoms with E-state index in [0.29, 0.717) is 18.6 Å². The second-order valence-corrected chi connectivity index (χ2v) is 6.15. The van der Waals surface area contributed by atoms with Crippen LogP contribution in [-0.2, 0) is 0 Å². The molecule has 1 N–H and O–H groups in total. The Bertz CT molecular complexity index is 1080. The fourth-order valence-electron chi connectivity index (χ4n) is 3.14. The van der Waals surface area contributed by atoms with Crippen LogP contribution in [0.25, 0.3) is 28.2 Å². The highest BCUT2D eigenvalue weighted by atomic mass is 16.5. The quantitative estimate of drug-likeness (QED) is 0.517. The monoisotopic (exact) mass is 360 g/mol. The number of hydrogen-bond donors (Lipinski definition) is 1. The zero-order chi connectivity index (χ0) is 18.8. The van der Waals surface area contributed by atoms with E-state index in [1.165, 1.54) is 0 Å². The third kappa shape index (κ3) is 3.10. The Hall–Kier alpha value is -3.41. The van der Waals surface area contributed by atoms with Gasteiger partial charge in [-0.15, -0.1) is 0 Å². The molecule has 6 heteroatoms. The third-order valence-electron chi connectivity index (χ3n) is 4.45. The highest BCUT2D eigenvalue weighted by Gasteiger charge is 2.17. The van der Waals surface area contributed by atoms with Crippen LogP contribution in [-0.4, -0.2) is 32.1 Å². The minimum atomic E-state index is 0.107. The standard InChI is InChI=1S/C21H20N4O2/c1-3-20(26)14-5-10-19-18(13-14)23-21(17-11-12-22-24-17)25(19)15-6-8-16(9-7-15)27-4-2/h5-13H,3-4H2,1-2H3,(H,22,24). The number of aromatic nitrogens is 4. The Kier molecular flexibility index (Phi) is 4.46. The Morgan fingerprint density at radius 3 is 2.59 bits per heavy atom. The number of hydrogen-bond acceptors (Lipinski definition) is 4. The number of ketones is 1. The lowest BCUT2D eigenvalue weighted by Crippen LogP contribution is -1.99. The van der Waals surface area contributed by atoms with Crippen LogP contribution < -0.4 is 4.74 Å². The van der Waals surface area contributed by atoms with Crippen LogP contribution in [0, 0.1) is 0 Å². The molecule has 136 valence electrons. The number of aromatic amines is 1.